The van der Waals surface area contributed by atoms with E-state index in [4.69, 9.17) is 55.6 Å². The second kappa shape index (κ2) is 32.2. The highest BCUT2D eigenvalue weighted by Gasteiger charge is 2.44. The number of H-pyrrole nitrogens is 2. The first-order chi connectivity index (χ1) is 36.5. The van der Waals surface area contributed by atoms with E-state index in [0.29, 0.717) is 18.6 Å². The molecular weight excluding hydrogens is 1020 g/mol. The number of carbonyl (C=O) groups excluding carboxylic acids is 2. The molecule has 0 radical (unpaired) electrons. The molecule has 1 aromatic carbocycles. The molecule has 7 atom stereocenters. The van der Waals surface area contributed by atoms with E-state index in [9.17, 15) is 28.8 Å². The zero-order valence-corrected chi connectivity index (χ0v) is 47.3. The largest absolute Gasteiger partial charge is 0.493 e. The van der Waals surface area contributed by atoms with Crippen LogP contribution < -0.4 is 27.2 Å². The van der Waals surface area contributed by atoms with Crippen LogP contribution >= 0.6 is 6.72 Å². The summed E-state index contributed by atoms with van der Waals surface area (Å²) in [6.07, 6.45) is 18.3. The Kier molecular flexibility index (Phi) is 26.3. The molecule has 19 nitrogen and oxygen atoms in total. The van der Waals surface area contributed by atoms with E-state index < -0.39 is 78.0 Å². The van der Waals surface area contributed by atoms with Gasteiger partial charge in [-0.2, -0.15) is 0 Å². The highest BCUT2D eigenvalue weighted by Crippen LogP contribution is 2.54. The number of carbonyl (C=O) groups is 2. The van der Waals surface area contributed by atoms with Gasteiger partial charge >= 0.3 is 30.0 Å². The molecule has 3 aromatic rings. The molecule has 76 heavy (non-hydrogen) atoms. The van der Waals surface area contributed by atoms with E-state index in [2.05, 4.69) is 21.7 Å². The quantitative estimate of drug-likeness (QED) is 0.0242. The van der Waals surface area contributed by atoms with Gasteiger partial charge in [-0.1, -0.05) is 116 Å². The average molecular weight is 1100 g/mol. The number of aryl methyl sites for hydroxylation is 3. The number of hydrogen-bond acceptors (Lipinski definition) is 15. The predicted octanol–water partition coefficient (Wildman–Crippen LogP) is 9.94. The Morgan fingerprint density at radius 1 is 0.697 bits per heavy atom. The molecule has 2 aromatic heterocycles. The van der Waals surface area contributed by atoms with Crippen molar-refractivity contribution in [1.82, 2.24) is 19.1 Å². The fourth-order valence-electron chi connectivity index (χ4n) is 9.35. The number of hydrogen-bond donors (Lipinski definition) is 2. The first-order valence-corrected chi connectivity index (χ1v) is 30.0. The summed E-state index contributed by atoms with van der Waals surface area (Å²) in [5.41, 5.74) is 0.853. The summed E-state index contributed by atoms with van der Waals surface area (Å²) >= 11 is 5.88. The van der Waals surface area contributed by atoms with Crippen LogP contribution in [0.25, 0.3) is 4.85 Å². The van der Waals surface area contributed by atoms with Gasteiger partial charge in [0.05, 0.1) is 38.3 Å². The first-order valence-electron chi connectivity index (χ1n) is 27.5. The summed E-state index contributed by atoms with van der Waals surface area (Å²) in [6, 6.07) is 3.84. The Balaban J connectivity index is 1.11. The molecular formula is C55H82N5O14PS. The monoisotopic (exact) mass is 1100 g/mol. The minimum absolute atomic E-state index is 0.0147. The summed E-state index contributed by atoms with van der Waals surface area (Å²) in [7, 11) is 0. The predicted molar refractivity (Wildman–Crippen MR) is 292 cm³/mol. The maximum absolute atomic E-state index is 13.4. The number of aromatic nitrogens is 4. The maximum Gasteiger partial charge on any atom is 0.330 e. The highest BCUT2D eigenvalue weighted by molar-refractivity contribution is 8.07. The van der Waals surface area contributed by atoms with Crippen LogP contribution in [0.4, 0.5) is 0 Å². The lowest BCUT2D eigenvalue weighted by atomic mass is 10.0. The van der Waals surface area contributed by atoms with Crippen LogP contribution in [0.3, 0.4) is 0 Å². The van der Waals surface area contributed by atoms with Gasteiger partial charge in [0, 0.05) is 36.4 Å². The minimum Gasteiger partial charge on any atom is -0.493 e. The fourth-order valence-corrected chi connectivity index (χ4v) is 11.5. The van der Waals surface area contributed by atoms with Crippen LogP contribution in [-0.4, -0.2) is 81.8 Å². The molecule has 422 valence electrons. The lowest BCUT2D eigenvalue weighted by Gasteiger charge is -2.28. The smallest absolute Gasteiger partial charge is 0.330 e. The van der Waals surface area contributed by atoms with Crippen LogP contribution in [0.2, 0.25) is 0 Å². The number of rotatable bonds is 35. The van der Waals surface area contributed by atoms with Crippen molar-refractivity contribution < 1.29 is 46.8 Å². The Hall–Kier alpha value is -4.74. The summed E-state index contributed by atoms with van der Waals surface area (Å²) in [5, 5.41) is 0. The molecule has 4 heterocycles. The third kappa shape index (κ3) is 19.9. The molecule has 21 heteroatoms. The van der Waals surface area contributed by atoms with Crippen molar-refractivity contribution >= 4 is 30.5 Å². The summed E-state index contributed by atoms with van der Waals surface area (Å²) in [5.74, 6) is -0.599. The van der Waals surface area contributed by atoms with Gasteiger partial charge < -0.3 is 42.1 Å². The second-order valence-electron chi connectivity index (χ2n) is 20.1. The molecule has 0 saturated carbocycles. The molecule has 2 aliphatic rings. The van der Waals surface area contributed by atoms with Crippen LogP contribution in [0.1, 0.15) is 189 Å². The van der Waals surface area contributed by atoms with Crippen molar-refractivity contribution in [2.45, 2.75) is 220 Å². The number of esters is 2. The Morgan fingerprint density at radius 3 is 1.78 bits per heavy atom. The van der Waals surface area contributed by atoms with E-state index >= 15 is 0 Å². The number of nitrogens with zero attached hydrogens (tertiary/aromatic N) is 3. The molecule has 2 N–H and O–H groups in total. The molecule has 5 rings (SSSR count). The number of nitrogens with one attached hydrogen (secondary N) is 2. The fraction of sp³-hybridized carbons (Fsp3) is 0.691. The van der Waals surface area contributed by atoms with Crippen molar-refractivity contribution in [3.05, 3.63) is 105 Å². The van der Waals surface area contributed by atoms with E-state index in [-0.39, 0.29) is 57.6 Å². The Morgan fingerprint density at radius 2 is 1.22 bits per heavy atom. The molecule has 0 amide bonds. The Labute approximate surface area is 452 Å². The van der Waals surface area contributed by atoms with Gasteiger partial charge in [0.1, 0.15) is 43.6 Å². The highest BCUT2D eigenvalue weighted by atomic mass is 32.5. The molecule has 2 aliphatic heterocycles. The normalized spacial score (nSPS) is 20.1. The van der Waals surface area contributed by atoms with E-state index in [1.54, 1.807) is 6.92 Å². The van der Waals surface area contributed by atoms with Crippen molar-refractivity contribution in [1.29, 1.82) is 0 Å². The topological polar surface area (TPSA) is 222 Å². The number of benzene rings is 1. The van der Waals surface area contributed by atoms with Crippen LogP contribution in [0.15, 0.2) is 43.7 Å². The summed E-state index contributed by atoms with van der Waals surface area (Å²) in [4.78, 5) is 84.4. The van der Waals surface area contributed by atoms with Crippen LogP contribution in [0.5, 0.6) is 5.75 Å². The number of ether oxygens (including phenoxy) is 5. The average Bonchev–Trinajstić information content (AvgIpc) is 3.99. The van der Waals surface area contributed by atoms with Crippen molar-refractivity contribution in [3.63, 3.8) is 0 Å². The third-order valence-electron chi connectivity index (χ3n) is 13.9. The zero-order valence-electron chi connectivity index (χ0n) is 45.6. The third-order valence-corrected chi connectivity index (χ3v) is 16.3. The summed E-state index contributed by atoms with van der Waals surface area (Å²) < 4.78 is 51.1. The summed E-state index contributed by atoms with van der Waals surface area (Å²) in [6.45, 7) is 14.8. The second-order valence-corrected chi connectivity index (χ2v) is 23.0. The SMILES string of the molecule is [C-]#[N+]CCOP(=S)(OC[C@H]1O[C@@H](n2cc(C)c(=O)[nH]c2=O)CC1OC(=O)CCC(=O)OCc1cc(C)c(C)c(OCCCCCCCCCCCCCCCCCC)c1)OC1C[C@H](n2cc(C)c(=O)[nH]c2=O)O[C@@H]1CC. The van der Waals surface area contributed by atoms with Crippen molar-refractivity contribution in [3.8, 4) is 5.75 Å². The van der Waals surface area contributed by atoms with Crippen molar-refractivity contribution in [2.24, 2.45) is 0 Å². The maximum atomic E-state index is 13.4. The lowest BCUT2D eigenvalue weighted by Crippen LogP contribution is -2.33. The molecule has 0 bridgehead atoms. The van der Waals surface area contributed by atoms with Gasteiger partial charge in [0.2, 0.25) is 6.54 Å². The molecule has 2 fully saturated rings. The van der Waals surface area contributed by atoms with Gasteiger partial charge in [-0.15, -0.1) is 0 Å². The standard InChI is InChI=1S/C55H82N5O14PS/c1-8-10-11-12-13-14-15-16-17-18-19-20-21-22-23-24-28-67-44-31-42(30-38(3)41(44)6)36-68-50(61)25-26-51(62)73-45-32-48(59-34-39(4)52(63)57-54(59)65)72-47(45)37-70-75(76,69-29-27-56-7)74-46-33-49(71-43(46)9-2)60-35-40(5)53(64)58-55(60)66/h30-31,34-35,43,45-49H,8-29,32-33,36-37H2,1-6H3,(H,57,63,65)(H,58,64,66)/t43-,45?,46?,47-,48-,49-,75?/m1/s1. The zero-order chi connectivity index (χ0) is 55.0. The Bertz CT molecular complexity index is 2660. The molecule has 2 saturated heterocycles. The molecule has 0 spiro atoms. The van der Waals surface area contributed by atoms with Crippen LogP contribution in [-0.2, 0) is 60.5 Å². The van der Waals surface area contributed by atoms with E-state index in [1.807, 2.05) is 32.9 Å². The number of aromatic amines is 2. The van der Waals surface area contributed by atoms with E-state index in [0.717, 1.165) is 35.3 Å². The van der Waals surface area contributed by atoms with Gasteiger partial charge in [0.15, 0.2) is 0 Å². The minimum atomic E-state index is -3.75. The van der Waals surface area contributed by atoms with Crippen LogP contribution in [0, 0.1) is 34.3 Å². The van der Waals surface area contributed by atoms with Gasteiger partial charge in [-0.3, -0.25) is 38.3 Å². The van der Waals surface area contributed by atoms with E-state index in [1.165, 1.54) is 118 Å². The number of unbranched alkanes of at least 4 members (excludes halogenated alkanes) is 15. The van der Waals surface area contributed by atoms with Gasteiger partial charge in [0.25, 0.3) is 11.1 Å². The molecule has 0 aliphatic carbocycles. The lowest BCUT2D eigenvalue weighted by molar-refractivity contribution is -0.156. The van der Waals surface area contributed by atoms with Gasteiger partial charge in [-0.25, -0.2) is 16.2 Å². The first kappa shape index (κ1) is 62.1. The van der Waals surface area contributed by atoms with Gasteiger partial charge in [-0.05, 0) is 75.1 Å². The van der Waals surface area contributed by atoms with Crippen molar-refractivity contribution in [2.75, 3.05) is 26.4 Å². The molecule has 3 unspecified atom stereocenters.